The largest absolute Gasteiger partial charge is 0.356 e. The van der Waals surface area contributed by atoms with Gasteiger partial charge in [0.2, 0.25) is 5.91 Å². The Kier molecular flexibility index (Phi) is 7.38. The van der Waals surface area contributed by atoms with Gasteiger partial charge < -0.3 is 5.32 Å². The van der Waals surface area contributed by atoms with Crippen LogP contribution in [0.3, 0.4) is 0 Å². The molecule has 26 heavy (non-hydrogen) atoms. The van der Waals surface area contributed by atoms with Crippen LogP contribution in [0.1, 0.15) is 42.8 Å². The predicted molar refractivity (Wildman–Crippen MR) is 106 cm³/mol. The van der Waals surface area contributed by atoms with Crippen molar-refractivity contribution in [3.8, 4) is 0 Å². The molecule has 0 radical (unpaired) electrons. The number of hydrogen-bond donors (Lipinski definition) is 1. The number of rotatable bonds is 8. The fourth-order valence-corrected chi connectivity index (χ4v) is 3.41. The van der Waals surface area contributed by atoms with Crippen LogP contribution in [0.5, 0.6) is 0 Å². The molecule has 0 fully saturated rings. The summed E-state index contributed by atoms with van der Waals surface area (Å²) >= 11 is 3.18. The number of carbonyl (C=O) groups excluding carboxylic acids is 1. The van der Waals surface area contributed by atoms with Crippen LogP contribution in [-0.4, -0.2) is 22.2 Å². The first kappa shape index (κ1) is 20.6. The third-order valence-electron chi connectivity index (χ3n) is 4.39. The lowest BCUT2D eigenvalue weighted by atomic mass is 10.1. The summed E-state index contributed by atoms with van der Waals surface area (Å²) < 4.78 is 15.7. The summed E-state index contributed by atoms with van der Waals surface area (Å²) in [6.07, 6.45) is 1.82. The first-order valence-corrected chi connectivity index (χ1v) is 9.80. The first-order chi connectivity index (χ1) is 12.3. The molecule has 1 aromatic carbocycles. The van der Waals surface area contributed by atoms with E-state index in [1.54, 1.807) is 12.1 Å². The van der Waals surface area contributed by atoms with E-state index >= 15 is 0 Å². The van der Waals surface area contributed by atoms with Crippen LogP contribution in [0.4, 0.5) is 4.39 Å². The third-order valence-corrected chi connectivity index (χ3v) is 5.00. The van der Waals surface area contributed by atoms with Gasteiger partial charge in [0.25, 0.3) is 0 Å². The van der Waals surface area contributed by atoms with Crippen molar-refractivity contribution in [3.05, 3.63) is 51.0 Å². The lowest BCUT2D eigenvalue weighted by Crippen LogP contribution is -2.26. The topological polar surface area (TPSA) is 46.9 Å². The Labute approximate surface area is 163 Å². The molecule has 2 rings (SSSR count). The van der Waals surface area contributed by atoms with Crippen molar-refractivity contribution in [2.45, 2.75) is 53.5 Å². The van der Waals surface area contributed by atoms with E-state index in [1.807, 2.05) is 11.6 Å². The summed E-state index contributed by atoms with van der Waals surface area (Å²) in [6, 6.07) is 4.92. The molecule has 0 spiro atoms. The average Bonchev–Trinajstić information content (AvgIpc) is 2.82. The Hall–Kier alpha value is -1.69. The number of aryl methyl sites for hydroxylation is 1. The number of amides is 1. The molecule has 0 unspecified atom stereocenters. The molecule has 0 aliphatic heterocycles. The summed E-state index contributed by atoms with van der Waals surface area (Å²) in [5.41, 5.74) is 4.32. The highest BCUT2D eigenvalue weighted by Crippen LogP contribution is 2.18. The molecule has 0 atom stereocenters. The van der Waals surface area contributed by atoms with Crippen LogP contribution in [-0.2, 0) is 24.2 Å². The van der Waals surface area contributed by atoms with Crippen LogP contribution >= 0.6 is 15.9 Å². The van der Waals surface area contributed by atoms with Gasteiger partial charge in [-0.25, -0.2) is 4.39 Å². The van der Waals surface area contributed by atoms with Gasteiger partial charge in [-0.15, -0.1) is 0 Å². The van der Waals surface area contributed by atoms with Crippen molar-refractivity contribution < 1.29 is 9.18 Å². The van der Waals surface area contributed by atoms with Crippen molar-refractivity contribution in [2.75, 3.05) is 6.54 Å². The number of hydrogen-bond acceptors (Lipinski definition) is 2. The van der Waals surface area contributed by atoms with Gasteiger partial charge in [-0.1, -0.05) is 19.9 Å². The van der Waals surface area contributed by atoms with Gasteiger partial charge in [0.1, 0.15) is 5.82 Å². The van der Waals surface area contributed by atoms with Crippen LogP contribution in [0.2, 0.25) is 0 Å². The van der Waals surface area contributed by atoms with Crippen LogP contribution in [0.15, 0.2) is 22.7 Å². The zero-order valence-electron chi connectivity index (χ0n) is 15.9. The molecule has 1 heterocycles. The molecular formula is C20H27BrFN3O. The predicted octanol–water partition coefficient (Wildman–Crippen LogP) is 4.35. The minimum atomic E-state index is -0.276. The van der Waals surface area contributed by atoms with Crippen LogP contribution < -0.4 is 5.32 Å². The molecular weight excluding hydrogens is 397 g/mol. The Morgan fingerprint density at radius 1 is 1.31 bits per heavy atom. The lowest BCUT2D eigenvalue weighted by molar-refractivity contribution is -0.121. The number of carbonyl (C=O) groups is 1. The summed E-state index contributed by atoms with van der Waals surface area (Å²) in [7, 11) is 0. The van der Waals surface area contributed by atoms with Gasteiger partial charge in [-0.3, -0.25) is 9.48 Å². The van der Waals surface area contributed by atoms with Gasteiger partial charge >= 0.3 is 0 Å². The van der Waals surface area contributed by atoms with Gasteiger partial charge in [0.15, 0.2) is 0 Å². The second kappa shape index (κ2) is 9.31. The van der Waals surface area contributed by atoms with Gasteiger partial charge in [0.05, 0.1) is 10.2 Å². The SMILES string of the molecule is Cc1nn(CC(C)C)c(C)c1CCC(=O)NCCc1ccc(F)c(Br)c1. The Bertz CT molecular complexity index is 771. The summed E-state index contributed by atoms with van der Waals surface area (Å²) in [4.78, 5) is 12.1. The zero-order valence-corrected chi connectivity index (χ0v) is 17.5. The van der Waals surface area contributed by atoms with E-state index in [2.05, 4.69) is 47.1 Å². The second-order valence-corrected chi connectivity index (χ2v) is 7.93. The molecule has 0 aliphatic carbocycles. The molecule has 4 nitrogen and oxygen atoms in total. The molecule has 142 valence electrons. The number of halogens is 2. The molecule has 0 aliphatic rings. The fourth-order valence-electron chi connectivity index (χ4n) is 2.99. The maximum atomic E-state index is 13.2. The Morgan fingerprint density at radius 2 is 2.04 bits per heavy atom. The highest BCUT2D eigenvalue weighted by molar-refractivity contribution is 9.10. The van der Waals surface area contributed by atoms with Gasteiger partial charge in [-0.05, 0) is 71.8 Å². The maximum absolute atomic E-state index is 13.2. The van der Waals surface area contributed by atoms with E-state index in [0.717, 1.165) is 23.5 Å². The summed E-state index contributed by atoms with van der Waals surface area (Å²) in [5, 5.41) is 7.53. The van der Waals surface area contributed by atoms with Crippen molar-refractivity contribution >= 4 is 21.8 Å². The average molecular weight is 424 g/mol. The first-order valence-electron chi connectivity index (χ1n) is 9.01. The lowest BCUT2D eigenvalue weighted by Gasteiger charge is -2.08. The molecule has 6 heteroatoms. The standard InChI is InChI=1S/C20H27BrFN3O/c1-13(2)12-25-15(4)17(14(3)24-25)6-8-20(26)23-10-9-16-5-7-19(22)18(21)11-16/h5,7,11,13H,6,8-10,12H2,1-4H3,(H,23,26). The number of benzene rings is 1. The number of nitrogens with zero attached hydrogens (tertiary/aromatic N) is 2. The van der Waals surface area contributed by atoms with Crippen LogP contribution in [0.25, 0.3) is 0 Å². The Balaban J connectivity index is 1.81. The monoisotopic (exact) mass is 423 g/mol. The minimum absolute atomic E-state index is 0.0292. The third kappa shape index (κ3) is 5.66. The molecule has 0 bridgehead atoms. The van der Waals surface area contributed by atoms with Gasteiger partial charge in [-0.2, -0.15) is 5.10 Å². The molecule has 1 aromatic heterocycles. The normalized spacial score (nSPS) is 11.2. The van der Waals surface area contributed by atoms with Crippen molar-refractivity contribution in [2.24, 2.45) is 5.92 Å². The van der Waals surface area contributed by atoms with E-state index in [1.165, 1.54) is 11.6 Å². The zero-order chi connectivity index (χ0) is 19.3. The number of nitrogens with one attached hydrogen (secondary N) is 1. The van der Waals surface area contributed by atoms with E-state index in [4.69, 9.17) is 0 Å². The van der Waals surface area contributed by atoms with E-state index in [-0.39, 0.29) is 11.7 Å². The summed E-state index contributed by atoms with van der Waals surface area (Å²) in [5.74, 6) is 0.291. The van der Waals surface area contributed by atoms with Crippen molar-refractivity contribution in [1.29, 1.82) is 0 Å². The van der Waals surface area contributed by atoms with Crippen molar-refractivity contribution in [1.82, 2.24) is 15.1 Å². The molecule has 2 aromatic rings. The minimum Gasteiger partial charge on any atom is -0.356 e. The van der Waals surface area contributed by atoms with Crippen molar-refractivity contribution in [3.63, 3.8) is 0 Å². The highest BCUT2D eigenvalue weighted by Gasteiger charge is 2.13. The second-order valence-electron chi connectivity index (χ2n) is 7.07. The molecule has 1 N–H and O–H groups in total. The van der Waals surface area contributed by atoms with E-state index in [9.17, 15) is 9.18 Å². The van der Waals surface area contributed by atoms with Gasteiger partial charge in [0, 0.05) is 25.2 Å². The molecule has 0 saturated heterocycles. The highest BCUT2D eigenvalue weighted by atomic mass is 79.9. The quantitative estimate of drug-likeness (QED) is 0.685. The fraction of sp³-hybridized carbons (Fsp3) is 0.500. The summed E-state index contributed by atoms with van der Waals surface area (Å²) in [6.45, 7) is 9.85. The number of aromatic nitrogens is 2. The van der Waals surface area contributed by atoms with Crippen LogP contribution in [0, 0.1) is 25.6 Å². The Morgan fingerprint density at radius 3 is 2.69 bits per heavy atom. The smallest absolute Gasteiger partial charge is 0.220 e. The molecule has 1 amide bonds. The van der Waals surface area contributed by atoms with E-state index < -0.39 is 0 Å². The molecule has 0 saturated carbocycles. The van der Waals surface area contributed by atoms with E-state index in [0.29, 0.717) is 36.2 Å². The maximum Gasteiger partial charge on any atom is 0.220 e.